The summed E-state index contributed by atoms with van der Waals surface area (Å²) < 4.78 is 38.5. The molecular weight excluding hydrogens is 265 g/mol. The van der Waals surface area contributed by atoms with Crippen LogP contribution in [0.2, 0.25) is 0 Å². The summed E-state index contributed by atoms with van der Waals surface area (Å²) in [5.41, 5.74) is 0.812. The van der Waals surface area contributed by atoms with Gasteiger partial charge in [-0.05, 0) is 43.7 Å². The van der Waals surface area contributed by atoms with Crippen LogP contribution in [0.25, 0.3) is 0 Å². The van der Waals surface area contributed by atoms with Crippen LogP contribution in [0.1, 0.15) is 29.8 Å². The second kappa shape index (κ2) is 5.53. The first-order valence-electron chi connectivity index (χ1n) is 6.23. The molecule has 0 amide bonds. The van der Waals surface area contributed by atoms with Crippen LogP contribution in [0.3, 0.4) is 0 Å². The first-order chi connectivity index (χ1) is 9.38. The van der Waals surface area contributed by atoms with E-state index in [4.69, 9.17) is 0 Å². The van der Waals surface area contributed by atoms with Crippen molar-refractivity contribution in [2.45, 2.75) is 26.1 Å². The highest BCUT2D eigenvalue weighted by Gasteiger charge is 2.32. The van der Waals surface area contributed by atoms with Gasteiger partial charge in [0, 0.05) is 11.9 Å². The summed E-state index contributed by atoms with van der Waals surface area (Å²) in [6.45, 7) is 3.31. The number of nitrogens with zero attached hydrogens (tertiary/aromatic N) is 1. The van der Waals surface area contributed by atoms with E-state index in [2.05, 4.69) is 10.3 Å². The van der Waals surface area contributed by atoms with Crippen molar-refractivity contribution in [1.29, 1.82) is 0 Å². The van der Waals surface area contributed by atoms with Crippen molar-refractivity contribution < 1.29 is 13.2 Å². The van der Waals surface area contributed by atoms with Crippen molar-refractivity contribution in [3.05, 3.63) is 59.4 Å². The topological polar surface area (TPSA) is 24.9 Å². The monoisotopic (exact) mass is 280 g/mol. The molecule has 0 aliphatic heterocycles. The number of aryl methyl sites for hydroxylation is 1. The zero-order chi connectivity index (χ0) is 14.8. The van der Waals surface area contributed by atoms with Crippen molar-refractivity contribution in [1.82, 2.24) is 4.98 Å². The van der Waals surface area contributed by atoms with Crippen molar-refractivity contribution >= 4 is 5.69 Å². The fourth-order valence-corrected chi connectivity index (χ4v) is 1.97. The lowest BCUT2D eigenvalue weighted by molar-refractivity contribution is -0.138. The molecule has 106 valence electrons. The molecule has 1 aromatic heterocycles. The largest absolute Gasteiger partial charge is 0.416 e. The van der Waals surface area contributed by atoms with Crippen LogP contribution < -0.4 is 5.32 Å². The Bertz CT molecular complexity index is 579. The van der Waals surface area contributed by atoms with Gasteiger partial charge in [0.1, 0.15) is 0 Å². The number of benzene rings is 1. The summed E-state index contributed by atoms with van der Waals surface area (Å²) >= 11 is 0. The Morgan fingerprint density at radius 1 is 1.15 bits per heavy atom. The van der Waals surface area contributed by atoms with Crippen LogP contribution in [0.4, 0.5) is 18.9 Å². The van der Waals surface area contributed by atoms with Crippen molar-refractivity contribution in [2.75, 3.05) is 5.32 Å². The molecule has 2 aromatic rings. The molecule has 0 saturated carbocycles. The minimum Gasteiger partial charge on any atom is -0.377 e. The minimum atomic E-state index is -4.34. The van der Waals surface area contributed by atoms with E-state index in [0.717, 1.165) is 11.8 Å². The summed E-state index contributed by atoms with van der Waals surface area (Å²) in [6, 6.07) is 9.55. The Balaban J connectivity index is 2.22. The van der Waals surface area contributed by atoms with Gasteiger partial charge in [0.05, 0.1) is 17.3 Å². The molecule has 0 bridgehead atoms. The minimum absolute atomic E-state index is 0.167. The maximum atomic E-state index is 12.8. The Hall–Kier alpha value is -2.04. The van der Waals surface area contributed by atoms with E-state index in [-0.39, 0.29) is 11.6 Å². The maximum absolute atomic E-state index is 12.8. The van der Waals surface area contributed by atoms with Gasteiger partial charge in [-0.15, -0.1) is 0 Å². The average Bonchev–Trinajstić information content (AvgIpc) is 2.40. The zero-order valence-electron chi connectivity index (χ0n) is 11.2. The predicted molar refractivity (Wildman–Crippen MR) is 72.5 cm³/mol. The molecule has 5 heteroatoms. The molecule has 0 radical (unpaired) electrons. The Kier molecular flexibility index (Phi) is 3.97. The number of aromatic nitrogens is 1. The van der Waals surface area contributed by atoms with Gasteiger partial charge in [-0.3, -0.25) is 4.98 Å². The molecule has 0 fully saturated rings. The third-order valence-corrected chi connectivity index (χ3v) is 3.06. The van der Waals surface area contributed by atoms with Gasteiger partial charge < -0.3 is 5.32 Å². The fourth-order valence-electron chi connectivity index (χ4n) is 1.97. The second-order valence-corrected chi connectivity index (χ2v) is 4.65. The predicted octanol–water partition coefficient (Wildman–Crippen LogP) is 4.58. The molecule has 0 aliphatic carbocycles. The molecule has 0 saturated heterocycles. The third kappa shape index (κ3) is 3.29. The molecule has 1 heterocycles. The molecule has 1 N–H and O–H groups in total. The van der Waals surface area contributed by atoms with Crippen LogP contribution in [0.15, 0.2) is 42.6 Å². The molecule has 20 heavy (non-hydrogen) atoms. The van der Waals surface area contributed by atoms with E-state index in [1.54, 1.807) is 18.3 Å². The highest BCUT2D eigenvalue weighted by atomic mass is 19.4. The Morgan fingerprint density at radius 3 is 2.50 bits per heavy atom. The number of rotatable bonds is 3. The van der Waals surface area contributed by atoms with Crippen molar-refractivity contribution in [3.8, 4) is 0 Å². The molecule has 1 atom stereocenters. The summed E-state index contributed by atoms with van der Waals surface area (Å²) in [6.07, 6.45) is -2.68. The lowest BCUT2D eigenvalue weighted by Gasteiger charge is -2.17. The van der Waals surface area contributed by atoms with E-state index >= 15 is 0 Å². The van der Waals surface area contributed by atoms with Crippen LogP contribution >= 0.6 is 0 Å². The SMILES string of the molecule is Cc1ccc(NC(C)c2ccccn2)cc1C(F)(F)F. The number of hydrogen-bond acceptors (Lipinski definition) is 2. The fraction of sp³-hybridized carbons (Fsp3) is 0.267. The molecular formula is C15H15F3N2. The number of hydrogen-bond donors (Lipinski definition) is 1. The van der Waals surface area contributed by atoms with Crippen molar-refractivity contribution in [2.24, 2.45) is 0 Å². The lowest BCUT2D eigenvalue weighted by atomic mass is 10.1. The van der Waals surface area contributed by atoms with Gasteiger partial charge in [-0.1, -0.05) is 12.1 Å². The zero-order valence-corrected chi connectivity index (χ0v) is 11.2. The van der Waals surface area contributed by atoms with Crippen LogP contribution in [-0.4, -0.2) is 4.98 Å². The first-order valence-corrected chi connectivity index (χ1v) is 6.23. The molecule has 0 spiro atoms. The van der Waals surface area contributed by atoms with Crippen LogP contribution in [0, 0.1) is 6.92 Å². The standard InChI is InChI=1S/C15H15F3N2/c1-10-6-7-12(9-13(10)15(16,17)18)20-11(2)14-5-3-4-8-19-14/h3-9,11,20H,1-2H3. The number of halogens is 3. The summed E-state index contributed by atoms with van der Waals surface area (Å²) in [5.74, 6) is 0. The molecule has 2 nitrogen and oxygen atoms in total. The normalized spacial score (nSPS) is 13.1. The highest BCUT2D eigenvalue weighted by Crippen LogP contribution is 2.34. The van der Waals surface area contributed by atoms with Gasteiger partial charge in [0.15, 0.2) is 0 Å². The molecule has 0 aliphatic rings. The van der Waals surface area contributed by atoms with E-state index in [1.165, 1.54) is 13.0 Å². The number of anilines is 1. The number of pyridine rings is 1. The summed E-state index contributed by atoms with van der Waals surface area (Å²) in [4.78, 5) is 4.18. The van der Waals surface area contributed by atoms with E-state index in [1.807, 2.05) is 19.1 Å². The summed E-state index contributed by atoms with van der Waals surface area (Å²) in [7, 11) is 0. The second-order valence-electron chi connectivity index (χ2n) is 4.65. The smallest absolute Gasteiger partial charge is 0.377 e. The lowest BCUT2D eigenvalue weighted by Crippen LogP contribution is -2.11. The van der Waals surface area contributed by atoms with Crippen molar-refractivity contribution in [3.63, 3.8) is 0 Å². The molecule has 1 unspecified atom stereocenters. The Morgan fingerprint density at radius 2 is 1.90 bits per heavy atom. The molecule has 2 rings (SSSR count). The quantitative estimate of drug-likeness (QED) is 0.890. The third-order valence-electron chi connectivity index (χ3n) is 3.06. The summed E-state index contributed by atoms with van der Waals surface area (Å²) in [5, 5.41) is 3.04. The van der Waals surface area contributed by atoms with Gasteiger partial charge >= 0.3 is 6.18 Å². The van der Waals surface area contributed by atoms with Gasteiger partial charge in [-0.2, -0.15) is 13.2 Å². The number of nitrogens with one attached hydrogen (secondary N) is 1. The van der Waals surface area contributed by atoms with Gasteiger partial charge in [-0.25, -0.2) is 0 Å². The average molecular weight is 280 g/mol. The first kappa shape index (κ1) is 14.4. The van der Waals surface area contributed by atoms with Gasteiger partial charge in [0.25, 0.3) is 0 Å². The van der Waals surface area contributed by atoms with Gasteiger partial charge in [0.2, 0.25) is 0 Å². The molecule has 1 aromatic carbocycles. The van der Waals surface area contributed by atoms with E-state index in [0.29, 0.717) is 5.69 Å². The van der Waals surface area contributed by atoms with E-state index in [9.17, 15) is 13.2 Å². The Labute approximate surface area is 115 Å². The van der Waals surface area contributed by atoms with Crippen LogP contribution in [-0.2, 0) is 6.18 Å². The number of alkyl halides is 3. The van der Waals surface area contributed by atoms with E-state index < -0.39 is 11.7 Å². The highest BCUT2D eigenvalue weighted by molar-refractivity contribution is 5.50. The van der Waals surface area contributed by atoms with Crippen LogP contribution in [0.5, 0.6) is 0 Å². The maximum Gasteiger partial charge on any atom is 0.416 e.